The fraction of sp³-hybridized carbons (Fsp3) is 1.00. The largest absolute Gasteiger partial charge is 0.312 e. The Morgan fingerprint density at radius 1 is 1.11 bits per heavy atom. The normalized spacial score (nSPS) is 31.3. The van der Waals surface area contributed by atoms with E-state index in [0.29, 0.717) is 0 Å². The van der Waals surface area contributed by atoms with E-state index in [1.165, 1.54) is 58.2 Å². The van der Waals surface area contributed by atoms with Crippen molar-refractivity contribution in [2.75, 3.05) is 19.6 Å². The summed E-state index contributed by atoms with van der Waals surface area (Å²) in [6, 6.07) is 1.62. The molecule has 106 valence electrons. The molecule has 0 aromatic rings. The highest BCUT2D eigenvalue weighted by Crippen LogP contribution is 2.30. The zero-order chi connectivity index (χ0) is 13.0. The molecule has 2 rings (SSSR count). The van der Waals surface area contributed by atoms with Crippen molar-refractivity contribution in [1.82, 2.24) is 10.2 Å². The highest BCUT2D eigenvalue weighted by atomic mass is 15.2. The Bertz CT molecular complexity index is 231. The molecule has 1 saturated heterocycles. The van der Waals surface area contributed by atoms with E-state index in [0.717, 1.165) is 23.9 Å². The SMILES string of the molecule is CCCNC1CCCC1N1CCC(C(C)C)CC1. The van der Waals surface area contributed by atoms with Crippen LogP contribution in [0.1, 0.15) is 59.3 Å². The molecule has 0 bridgehead atoms. The average Bonchev–Trinajstić information content (AvgIpc) is 2.84. The molecule has 0 aromatic carbocycles. The third-order valence-electron chi connectivity index (χ3n) is 5.12. The van der Waals surface area contributed by atoms with Crippen molar-refractivity contribution < 1.29 is 0 Å². The lowest BCUT2D eigenvalue weighted by Gasteiger charge is -2.39. The molecule has 1 N–H and O–H groups in total. The van der Waals surface area contributed by atoms with Crippen LogP contribution in [0.4, 0.5) is 0 Å². The summed E-state index contributed by atoms with van der Waals surface area (Å²) < 4.78 is 0. The first-order chi connectivity index (χ1) is 8.72. The molecule has 0 radical (unpaired) electrons. The summed E-state index contributed by atoms with van der Waals surface area (Å²) in [6.45, 7) is 10.9. The first-order valence-corrected chi connectivity index (χ1v) is 8.19. The molecule has 1 saturated carbocycles. The predicted molar refractivity (Wildman–Crippen MR) is 78.9 cm³/mol. The highest BCUT2D eigenvalue weighted by Gasteiger charge is 2.33. The molecule has 0 amide bonds. The number of rotatable bonds is 5. The monoisotopic (exact) mass is 252 g/mol. The van der Waals surface area contributed by atoms with E-state index >= 15 is 0 Å². The molecule has 2 unspecified atom stereocenters. The van der Waals surface area contributed by atoms with Crippen LogP contribution in [0, 0.1) is 11.8 Å². The molecule has 18 heavy (non-hydrogen) atoms. The third-order valence-corrected chi connectivity index (χ3v) is 5.12. The van der Waals surface area contributed by atoms with Crippen LogP contribution in [0.25, 0.3) is 0 Å². The van der Waals surface area contributed by atoms with Crippen molar-refractivity contribution in [1.29, 1.82) is 0 Å². The number of piperidine rings is 1. The minimum atomic E-state index is 0.778. The van der Waals surface area contributed by atoms with E-state index in [1.807, 2.05) is 0 Å². The zero-order valence-electron chi connectivity index (χ0n) is 12.6. The molecular weight excluding hydrogens is 220 g/mol. The molecule has 1 heterocycles. The van der Waals surface area contributed by atoms with Crippen LogP contribution >= 0.6 is 0 Å². The lowest BCUT2D eigenvalue weighted by Crippen LogP contribution is -2.50. The van der Waals surface area contributed by atoms with Gasteiger partial charge in [0.25, 0.3) is 0 Å². The van der Waals surface area contributed by atoms with Crippen molar-refractivity contribution in [3.63, 3.8) is 0 Å². The smallest absolute Gasteiger partial charge is 0.0249 e. The minimum absolute atomic E-state index is 0.778. The van der Waals surface area contributed by atoms with Crippen LogP contribution < -0.4 is 5.32 Å². The van der Waals surface area contributed by atoms with Gasteiger partial charge < -0.3 is 5.32 Å². The number of nitrogens with one attached hydrogen (secondary N) is 1. The quantitative estimate of drug-likeness (QED) is 0.808. The maximum absolute atomic E-state index is 3.77. The number of likely N-dealkylation sites (tertiary alicyclic amines) is 1. The molecule has 2 heteroatoms. The predicted octanol–water partition coefficient (Wildman–Crippen LogP) is 3.28. The van der Waals surface area contributed by atoms with Gasteiger partial charge >= 0.3 is 0 Å². The second-order valence-corrected chi connectivity index (χ2v) is 6.68. The van der Waals surface area contributed by atoms with E-state index in [9.17, 15) is 0 Å². The summed E-state index contributed by atoms with van der Waals surface area (Å²) in [4.78, 5) is 2.79. The van der Waals surface area contributed by atoms with Gasteiger partial charge in [0.1, 0.15) is 0 Å². The van der Waals surface area contributed by atoms with Gasteiger partial charge in [-0.2, -0.15) is 0 Å². The van der Waals surface area contributed by atoms with E-state index in [1.54, 1.807) is 0 Å². The fourth-order valence-corrected chi connectivity index (χ4v) is 3.86. The van der Waals surface area contributed by atoms with Crippen LogP contribution in [0.2, 0.25) is 0 Å². The molecule has 2 aliphatic rings. The van der Waals surface area contributed by atoms with Crippen LogP contribution in [0.3, 0.4) is 0 Å². The summed E-state index contributed by atoms with van der Waals surface area (Å²) in [5.74, 6) is 1.86. The van der Waals surface area contributed by atoms with Gasteiger partial charge in [-0.05, 0) is 63.6 Å². The Labute approximate surface area is 114 Å². The number of hydrogen-bond acceptors (Lipinski definition) is 2. The van der Waals surface area contributed by atoms with E-state index in [2.05, 4.69) is 31.0 Å². The van der Waals surface area contributed by atoms with Crippen LogP contribution in [0.5, 0.6) is 0 Å². The average molecular weight is 252 g/mol. The van der Waals surface area contributed by atoms with Gasteiger partial charge in [-0.1, -0.05) is 27.2 Å². The summed E-state index contributed by atoms with van der Waals surface area (Å²) in [5.41, 5.74) is 0. The minimum Gasteiger partial charge on any atom is -0.312 e. The Morgan fingerprint density at radius 3 is 2.44 bits per heavy atom. The van der Waals surface area contributed by atoms with E-state index in [-0.39, 0.29) is 0 Å². The van der Waals surface area contributed by atoms with Crippen LogP contribution in [0.15, 0.2) is 0 Å². The lowest BCUT2D eigenvalue weighted by atomic mass is 9.86. The second kappa shape index (κ2) is 6.91. The Morgan fingerprint density at radius 2 is 1.83 bits per heavy atom. The zero-order valence-corrected chi connectivity index (χ0v) is 12.6. The third kappa shape index (κ3) is 3.48. The van der Waals surface area contributed by atoms with Gasteiger partial charge in [0, 0.05) is 12.1 Å². The van der Waals surface area contributed by atoms with Gasteiger partial charge in [-0.25, -0.2) is 0 Å². The van der Waals surface area contributed by atoms with Crippen molar-refractivity contribution in [2.24, 2.45) is 11.8 Å². The summed E-state index contributed by atoms with van der Waals surface area (Å²) in [6.07, 6.45) is 8.36. The van der Waals surface area contributed by atoms with Crippen molar-refractivity contribution in [2.45, 2.75) is 71.4 Å². The highest BCUT2D eigenvalue weighted by molar-refractivity contribution is 4.92. The maximum atomic E-state index is 3.77. The standard InChI is InChI=1S/C16H32N2/c1-4-10-17-15-6-5-7-16(15)18-11-8-14(9-12-18)13(2)3/h13-17H,4-12H2,1-3H3. The Kier molecular flexibility index (Phi) is 5.50. The van der Waals surface area contributed by atoms with Gasteiger partial charge in [0.2, 0.25) is 0 Å². The van der Waals surface area contributed by atoms with Crippen molar-refractivity contribution in [3.8, 4) is 0 Å². The summed E-state index contributed by atoms with van der Waals surface area (Å²) in [7, 11) is 0. The van der Waals surface area contributed by atoms with Crippen LogP contribution in [-0.2, 0) is 0 Å². The summed E-state index contributed by atoms with van der Waals surface area (Å²) >= 11 is 0. The molecule has 2 fully saturated rings. The van der Waals surface area contributed by atoms with Crippen molar-refractivity contribution >= 4 is 0 Å². The second-order valence-electron chi connectivity index (χ2n) is 6.68. The molecule has 2 atom stereocenters. The fourth-order valence-electron chi connectivity index (χ4n) is 3.86. The summed E-state index contributed by atoms with van der Waals surface area (Å²) in [5, 5.41) is 3.77. The first-order valence-electron chi connectivity index (χ1n) is 8.19. The van der Waals surface area contributed by atoms with Gasteiger partial charge in [-0.15, -0.1) is 0 Å². The Hall–Kier alpha value is -0.0800. The topological polar surface area (TPSA) is 15.3 Å². The maximum Gasteiger partial charge on any atom is 0.0249 e. The van der Waals surface area contributed by atoms with Gasteiger partial charge in [0.05, 0.1) is 0 Å². The van der Waals surface area contributed by atoms with E-state index < -0.39 is 0 Å². The van der Waals surface area contributed by atoms with Gasteiger partial charge in [0.15, 0.2) is 0 Å². The Balaban J connectivity index is 1.81. The first kappa shape index (κ1) is 14.3. The lowest BCUT2D eigenvalue weighted by molar-refractivity contribution is 0.103. The molecule has 0 spiro atoms. The number of hydrogen-bond donors (Lipinski definition) is 1. The van der Waals surface area contributed by atoms with Crippen LogP contribution in [-0.4, -0.2) is 36.6 Å². The molecule has 0 aromatic heterocycles. The molecular formula is C16H32N2. The number of nitrogens with zero attached hydrogens (tertiary/aromatic N) is 1. The van der Waals surface area contributed by atoms with Crippen molar-refractivity contribution in [3.05, 3.63) is 0 Å². The molecule has 1 aliphatic heterocycles. The molecule has 2 nitrogen and oxygen atoms in total. The van der Waals surface area contributed by atoms with Gasteiger partial charge in [-0.3, -0.25) is 4.90 Å². The van der Waals surface area contributed by atoms with E-state index in [4.69, 9.17) is 0 Å². The molecule has 1 aliphatic carbocycles.